The largest absolute Gasteiger partial charge is 0.330 e. The summed E-state index contributed by atoms with van der Waals surface area (Å²) in [5, 5.41) is 0.509. The number of aryl methyl sites for hydroxylation is 1. The summed E-state index contributed by atoms with van der Waals surface area (Å²) in [6.45, 7) is 2.77. The Kier molecular flexibility index (Phi) is 4.36. The van der Waals surface area contributed by atoms with Crippen molar-refractivity contribution in [1.82, 2.24) is 0 Å². The zero-order valence-corrected chi connectivity index (χ0v) is 9.02. The number of nitrogens with two attached hydrogens (primary N) is 1. The van der Waals surface area contributed by atoms with Crippen molar-refractivity contribution < 1.29 is 4.39 Å². The van der Waals surface area contributed by atoms with Gasteiger partial charge in [0.1, 0.15) is 5.82 Å². The van der Waals surface area contributed by atoms with E-state index in [0.717, 1.165) is 18.4 Å². The predicted octanol–water partition coefficient (Wildman–Crippen LogP) is 3.01. The molecular weight excluding hydrogens is 201 g/mol. The van der Waals surface area contributed by atoms with E-state index in [1.807, 2.05) is 0 Å². The molecule has 0 saturated carbocycles. The fraction of sp³-hybridized carbons (Fsp3) is 0.455. The third kappa shape index (κ3) is 3.28. The summed E-state index contributed by atoms with van der Waals surface area (Å²) in [7, 11) is 0. The highest BCUT2D eigenvalue weighted by atomic mass is 35.5. The molecule has 1 atom stereocenters. The highest BCUT2D eigenvalue weighted by molar-refractivity contribution is 6.31. The lowest BCUT2D eigenvalue weighted by Gasteiger charge is -2.08. The van der Waals surface area contributed by atoms with E-state index in [1.165, 1.54) is 12.1 Å². The van der Waals surface area contributed by atoms with Crippen molar-refractivity contribution in [2.75, 3.05) is 6.54 Å². The molecule has 0 aliphatic heterocycles. The Morgan fingerprint density at radius 3 is 2.79 bits per heavy atom. The highest BCUT2D eigenvalue weighted by Crippen LogP contribution is 2.19. The Morgan fingerprint density at radius 2 is 2.21 bits per heavy atom. The maximum absolute atomic E-state index is 12.7. The lowest BCUT2D eigenvalue weighted by molar-refractivity contribution is 0.544. The molecule has 0 spiro atoms. The van der Waals surface area contributed by atoms with Crippen LogP contribution in [0.3, 0.4) is 0 Å². The molecule has 14 heavy (non-hydrogen) atoms. The van der Waals surface area contributed by atoms with E-state index in [2.05, 4.69) is 6.92 Å². The zero-order chi connectivity index (χ0) is 10.6. The fourth-order valence-corrected chi connectivity index (χ4v) is 1.51. The van der Waals surface area contributed by atoms with Gasteiger partial charge in [-0.2, -0.15) is 0 Å². The van der Waals surface area contributed by atoms with Gasteiger partial charge >= 0.3 is 0 Å². The van der Waals surface area contributed by atoms with Crippen LogP contribution < -0.4 is 5.73 Å². The molecule has 78 valence electrons. The number of hydrogen-bond donors (Lipinski definition) is 1. The summed E-state index contributed by atoms with van der Waals surface area (Å²) in [4.78, 5) is 0. The summed E-state index contributed by atoms with van der Waals surface area (Å²) in [6, 6.07) is 4.53. The van der Waals surface area contributed by atoms with E-state index in [0.29, 0.717) is 17.5 Å². The molecule has 1 unspecified atom stereocenters. The molecular formula is C11H15ClFN. The normalized spacial score (nSPS) is 12.9. The van der Waals surface area contributed by atoms with E-state index >= 15 is 0 Å². The minimum absolute atomic E-state index is 0.286. The molecule has 0 saturated heterocycles. The van der Waals surface area contributed by atoms with Crippen molar-refractivity contribution in [3.8, 4) is 0 Å². The van der Waals surface area contributed by atoms with Gasteiger partial charge in [0, 0.05) is 5.02 Å². The second-order valence-electron chi connectivity index (χ2n) is 3.62. The van der Waals surface area contributed by atoms with Crippen molar-refractivity contribution in [1.29, 1.82) is 0 Å². The van der Waals surface area contributed by atoms with Crippen molar-refractivity contribution in [3.63, 3.8) is 0 Å². The van der Waals surface area contributed by atoms with Crippen molar-refractivity contribution >= 4 is 11.6 Å². The zero-order valence-electron chi connectivity index (χ0n) is 8.26. The molecule has 1 rings (SSSR count). The van der Waals surface area contributed by atoms with E-state index in [-0.39, 0.29) is 5.82 Å². The maximum Gasteiger partial charge on any atom is 0.124 e. The second kappa shape index (κ2) is 5.32. The molecule has 0 fully saturated rings. The number of hydrogen-bond acceptors (Lipinski definition) is 1. The van der Waals surface area contributed by atoms with Crippen molar-refractivity contribution in [2.24, 2.45) is 11.7 Å². The van der Waals surface area contributed by atoms with Crippen LogP contribution >= 0.6 is 11.6 Å². The number of benzene rings is 1. The van der Waals surface area contributed by atoms with Gasteiger partial charge in [-0.1, -0.05) is 24.6 Å². The number of halogens is 2. The molecule has 2 N–H and O–H groups in total. The first kappa shape index (κ1) is 11.5. The van der Waals surface area contributed by atoms with Crippen molar-refractivity contribution in [3.05, 3.63) is 34.6 Å². The minimum atomic E-state index is -0.286. The summed E-state index contributed by atoms with van der Waals surface area (Å²) in [6.07, 6.45) is 1.85. The Morgan fingerprint density at radius 1 is 1.50 bits per heavy atom. The number of rotatable bonds is 4. The van der Waals surface area contributed by atoms with Crippen LogP contribution in [0.1, 0.15) is 18.9 Å². The van der Waals surface area contributed by atoms with Crippen LogP contribution in [0.25, 0.3) is 0 Å². The van der Waals surface area contributed by atoms with E-state index in [4.69, 9.17) is 17.3 Å². The summed E-state index contributed by atoms with van der Waals surface area (Å²) in [5.41, 5.74) is 6.50. The third-order valence-electron chi connectivity index (χ3n) is 2.32. The summed E-state index contributed by atoms with van der Waals surface area (Å²) < 4.78 is 12.7. The lowest BCUT2D eigenvalue weighted by atomic mass is 10.0. The quantitative estimate of drug-likeness (QED) is 0.821. The van der Waals surface area contributed by atoms with Gasteiger partial charge in [-0.3, -0.25) is 0 Å². The first-order valence-electron chi connectivity index (χ1n) is 4.77. The molecule has 0 radical (unpaired) electrons. The van der Waals surface area contributed by atoms with Crippen LogP contribution in [0, 0.1) is 11.7 Å². The maximum atomic E-state index is 12.7. The molecule has 0 amide bonds. The summed E-state index contributed by atoms with van der Waals surface area (Å²) in [5.74, 6) is 0.196. The van der Waals surface area contributed by atoms with Gasteiger partial charge in [-0.15, -0.1) is 0 Å². The Bertz CT molecular complexity index is 301. The third-order valence-corrected chi connectivity index (χ3v) is 2.68. The van der Waals surface area contributed by atoms with Crippen LogP contribution in [0.15, 0.2) is 18.2 Å². The molecule has 0 heterocycles. The lowest BCUT2D eigenvalue weighted by Crippen LogP contribution is -2.11. The standard InChI is InChI=1S/C11H15ClFN/c1-8(7-14)2-3-9-4-5-10(13)6-11(9)12/h4-6,8H,2-3,7,14H2,1H3. The minimum Gasteiger partial charge on any atom is -0.330 e. The molecule has 0 aliphatic rings. The molecule has 1 aromatic rings. The molecule has 3 heteroatoms. The molecule has 0 bridgehead atoms. The molecule has 0 aromatic heterocycles. The van der Waals surface area contributed by atoms with Gasteiger partial charge in [0.2, 0.25) is 0 Å². The van der Waals surface area contributed by atoms with E-state index < -0.39 is 0 Å². The van der Waals surface area contributed by atoms with Crippen LogP contribution in [0.4, 0.5) is 4.39 Å². The smallest absolute Gasteiger partial charge is 0.124 e. The molecule has 1 nitrogen and oxygen atoms in total. The van der Waals surface area contributed by atoms with Gasteiger partial charge in [0.15, 0.2) is 0 Å². The van der Waals surface area contributed by atoms with Crippen LogP contribution in [0.5, 0.6) is 0 Å². The molecule has 0 aliphatic carbocycles. The SMILES string of the molecule is CC(CN)CCc1ccc(F)cc1Cl. The Balaban J connectivity index is 2.59. The first-order chi connectivity index (χ1) is 6.63. The Labute approximate surface area is 89.1 Å². The van der Waals surface area contributed by atoms with Crippen LogP contribution in [0.2, 0.25) is 5.02 Å². The van der Waals surface area contributed by atoms with E-state index in [9.17, 15) is 4.39 Å². The van der Waals surface area contributed by atoms with Gasteiger partial charge in [-0.05, 0) is 43.0 Å². The topological polar surface area (TPSA) is 26.0 Å². The Hall–Kier alpha value is -0.600. The fourth-order valence-electron chi connectivity index (χ4n) is 1.24. The van der Waals surface area contributed by atoms with Crippen LogP contribution in [-0.2, 0) is 6.42 Å². The molecule has 1 aromatic carbocycles. The van der Waals surface area contributed by atoms with Crippen molar-refractivity contribution in [2.45, 2.75) is 19.8 Å². The second-order valence-corrected chi connectivity index (χ2v) is 4.02. The monoisotopic (exact) mass is 215 g/mol. The van der Waals surface area contributed by atoms with Gasteiger partial charge in [0.25, 0.3) is 0 Å². The van der Waals surface area contributed by atoms with E-state index in [1.54, 1.807) is 6.07 Å². The average molecular weight is 216 g/mol. The van der Waals surface area contributed by atoms with Gasteiger partial charge in [-0.25, -0.2) is 4.39 Å². The van der Waals surface area contributed by atoms with Crippen LogP contribution in [-0.4, -0.2) is 6.54 Å². The highest BCUT2D eigenvalue weighted by Gasteiger charge is 2.04. The first-order valence-corrected chi connectivity index (χ1v) is 5.15. The van der Waals surface area contributed by atoms with Gasteiger partial charge < -0.3 is 5.73 Å². The van der Waals surface area contributed by atoms with Gasteiger partial charge in [0.05, 0.1) is 0 Å². The predicted molar refractivity (Wildman–Crippen MR) is 57.9 cm³/mol. The average Bonchev–Trinajstić information content (AvgIpc) is 2.16. The summed E-state index contributed by atoms with van der Waals surface area (Å²) >= 11 is 5.88.